The first-order valence-corrected chi connectivity index (χ1v) is 6.31. The molecule has 1 N–H and O–H groups in total. The molecule has 0 aliphatic heterocycles. The number of hydrogen-bond acceptors (Lipinski definition) is 2. The zero-order valence-corrected chi connectivity index (χ0v) is 11.0. The lowest BCUT2D eigenvalue weighted by molar-refractivity contribution is -0.135. The number of nitrogens with one attached hydrogen (secondary N) is 1. The molecule has 3 heteroatoms. The maximum atomic E-state index is 11.8. The predicted molar refractivity (Wildman–Crippen MR) is 65.2 cm³/mol. The molecular formula is C13H25NO2. The predicted octanol–water partition coefficient (Wildman–Crippen LogP) is 2.35. The number of carbonyl (C=O) groups is 1. The van der Waals surface area contributed by atoms with Crippen LogP contribution in [0.2, 0.25) is 0 Å². The minimum absolute atomic E-state index is 0.0399. The summed E-state index contributed by atoms with van der Waals surface area (Å²) in [5.41, 5.74) is 0.124. The lowest BCUT2D eigenvalue weighted by Crippen LogP contribution is -2.39. The van der Waals surface area contributed by atoms with Gasteiger partial charge in [-0.1, -0.05) is 20.8 Å². The molecule has 0 aromatic heterocycles. The van der Waals surface area contributed by atoms with Gasteiger partial charge < -0.3 is 10.1 Å². The van der Waals surface area contributed by atoms with E-state index in [4.69, 9.17) is 4.74 Å². The number of ether oxygens (including phenoxy) is 1. The fraction of sp³-hybridized carbons (Fsp3) is 0.923. The molecule has 1 rings (SSSR count). The number of hydrogen-bond donors (Lipinski definition) is 1. The molecule has 0 bridgehead atoms. The Labute approximate surface area is 98.9 Å². The van der Waals surface area contributed by atoms with E-state index in [9.17, 15) is 4.79 Å². The molecule has 1 amide bonds. The third-order valence-corrected chi connectivity index (χ3v) is 2.67. The molecular weight excluding hydrogens is 202 g/mol. The van der Waals surface area contributed by atoms with Crippen molar-refractivity contribution >= 4 is 5.91 Å². The van der Waals surface area contributed by atoms with Crippen LogP contribution in [0.5, 0.6) is 0 Å². The first-order chi connectivity index (χ1) is 7.42. The summed E-state index contributed by atoms with van der Waals surface area (Å²) in [6.07, 6.45) is 3.03. The van der Waals surface area contributed by atoms with E-state index in [1.165, 1.54) is 12.8 Å². The first kappa shape index (κ1) is 13.5. The molecule has 1 aliphatic rings. The van der Waals surface area contributed by atoms with Gasteiger partial charge in [-0.3, -0.25) is 4.79 Å². The van der Waals surface area contributed by atoms with Crippen LogP contribution in [0.1, 0.15) is 47.0 Å². The maximum Gasteiger partial charge on any atom is 0.249 e. The lowest BCUT2D eigenvalue weighted by atomic mass is 9.89. The molecule has 0 spiro atoms. The van der Waals surface area contributed by atoms with Gasteiger partial charge in [-0.15, -0.1) is 0 Å². The van der Waals surface area contributed by atoms with E-state index in [2.05, 4.69) is 26.1 Å². The molecule has 0 saturated heterocycles. The van der Waals surface area contributed by atoms with Crippen LogP contribution in [-0.4, -0.2) is 25.2 Å². The van der Waals surface area contributed by atoms with Gasteiger partial charge in [-0.05, 0) is 37.5 Å². The van der Waals surface area contributed by atoms with Crippen molar-refractivity contribution in [2.24, 2.45) is 11.3 Å². The van der Waals surface area contributed by atoms with Crippen LogP contribution >= 0.6 is 0 Å². The summed E-state index contributed by atoms with van der Waals surface area (Å²) in [6.45, 7) is 9.77. The molecule has 3 nitrogen and oxygen atoms in total. The van der Waals surface area contributed by atoms with Crippen LogP contribution in [0.4, 0.5) is 0 Å². The van der Waals surface area contributed by atoms with Crippen molar-refractivity contribution in [2.45, 2.75) is 53.1 Å². The molecule has 16 heavy (non-hydrogen) atoms. The molecule has 0 heterocycles. The van der Waals surface area contributed by atoms with Crippen LogP contribution < -0.4 is 5.32 Å². The number of carbonyl (C=O) groups excluding carboxylic acids is 1. The first-order valence-electron chi connectivity index (χ1n) is 6.31. The Hall–Kier alpha value is -0.570. The van der Waals surface area contributed by atoms with Crippen molar-refractivity contribution in [1.29, 1.82) is 0 Å². The van der Waals surface area contributed by atoms with Crippen molar-refractivity contribution in [3.63, 3.8) is 0 Å². The summed E-state index contributed by atoms with van der Waals surface area (Å²) in [5.74, 6) is 0.745. The SMILES string of the molecule is CCNC(=O)C(CC(C)(C)C)OCC1CC1. The van der Waals surface area contributed by atoms with E-state index in [1.807, 2.05) is 6.92 Å². The highest BCUT2D eigenvalue weighted by Crippen LogP contribution is 2.30. The van der Waals surface area contributed by atoms with E-state index in [0.717, 1.165) is 13.0 Å². The second-order valence-corrected chi connectivity index (χ2v) is 5.92. The van der Waals surface area contributed by atoms with E-state index >= 15 is 0 Å². The second-order valence-electron chi connectivity index (χ2n) is 5.92. The van der Waals surface area contributed by atoms with Crippen molar-refractivity contribution in [2.75, 3.05) is 13.2 Å². The Kier molecular flexibility index (Phi) is 4.78. The third-order valence-electron chi connectivity index (χ3n) is 2.67. The zero-order chi connectivity index (χ0) is 12.2. The number of rotatable bonds is 6. The minimum Gasteiger partial charge on any atom is -0.368 e. The van der Waals surface area contributed by atoms with E-state index in [-0.39, 0.29) is 17.4 Å². The van der Waals surface area contributed by atoms with E-state index < -0.39 is 0 Å². The van der Waals surface area contributed by atoms with Crippen LogP contribution in [0, 0.1) is 11.3 Å². The smallest absolute Gasteiger partial charge is 0.249 e. The Balaban J connectivity index is 2.41. The molecule has 0 aromatic carbocycles. The summed E-state index contributed by atoms with van der Waals surface area (Å²) in [5, 5.41) is 2.85. The average Bonchev–Trinajstić information content (AvgIpc) is 2.94. The Morgan fingerprint density at radius 2 is 2.06 bits per heavy atom. The van der Waals surface area contributed by atoms with E-state index in [1.54, 1.807) is 0 Å². The summed E-state index contributed by atoms with van der Waals surface area (Å²) in [6, 6.07) is 0. The molecule has 1 fully saturated rings. The standard InChI is InChI=1S/C13H25NO2/c1-5-14-12(15)11(8-13(2,3)4)16-9-10-6-7-10/h10-11H,5-9H2,1-4H3,(H,14,15). The average molecular weight is 227 g/mol. The zero-order valence-electron chi connectivity index (χ0n) is 11.0. The van der Waals surface area contributed by atoms with Crippen LogP contribution in [0.15, 0.2) is 0 Å². The van der Waals surface area contributed by atoms with Gasteiger partial charge in [0.25, 0.3) is 0 Å². The summed E-state index contributed by atoms with van der Waals surface area (Å²) >= 11 is 0. The quantitative estimate of drug-likeness (QED) is 0.756. The molecule has 94 valence electrons. The van der Waals surface area contributed by atoms with E-state index in [0.29, 0.717) is 12.5 Å². The molecule has 1 atom stereocenters. The maximum absolute atomic E-state index is 11.8. The molecule has 1 unspecified atom stereocenters. The van der Waals surface area contributed by atoms with Gasteiger partial charge in [0.05, 0.1) is 6.61 Å². The van der Waals surface area contributed by atoms with Crippen LogP contribution in [0.25, 0.3) is 0 Å². The number of likely N-dealkylation sites (N-methyl/N-ethyl adjacent to an activating group) is 1. The van der Waals surface area contributed by atoms with Gasteiger partial charge in [0, 0.05) is 6.54 Å². The van der Waals surface area contributed by atoms with Gasteiger partial charge in [-0.25, -0.2) is 0 Å². The molecule has 1 saturated carbocycles. The highest BCUT2D eigenvalue weighted by molar-refractivity contribution is 5.80. The van der Waals surface area contributed by atoms with Gasteiger partial charge in [0.2, 0.25) is 5.91 Å². The minimum atomic E-state index is -0.277. The third kappa shape index (κ3) is 5.50. The molecule has 0 aromatic rings. The summed E-state index contributed by atoms with van der Waals surface area (Å²) < 4.78 is 5.74. The van der Waals surface area contributed by atoms with Crippen LogP contribution in [0.3, 0.4) is 0 Å². The summed E-state index contributed by atoms with van der Waals surface area (Å²) in [4.78, 5) is 11.8. The van der Waals surface area contributed by atoms with Gasteiger partial charge in [0.15, 0.2) is 0 Å². The normalized spacial score (nSPS) is 18.2. The largest absolute Gasteiger partial charge is 0.368 e. The number of amides is 1. The van der Waals surface area contributed by atoms with Gasteiger partial charge >= 0.3 is 0 Å². The highest BCUT2D eigenvalue weighted by atomic mass is 16.5. The molecule has 1 aliphatic carbocycles. The Morgan fingerprint density at radius 3 is 2.50 bits per heavy atom. The summed E-state index contributed by atoms with van der Waals surface area (Å²) in [7, 11) is 0. The Bertz CT molecular complexity index is 229. The van der Waals surface area contributed by atoms with Crippen LogP contribution in [-0.2, 0) is 9.53 Å². The van der Waals surface area contributed by atoms with Gasteiger partial charge in [-0.2, -0.15) is 0 Å². The lowest BCUT2D eigenvalue weighted by Gasteiger charge is -2.25. The molecule has 0 radical (unpaired) electrons. The second kappa shape index (κ2) is 5.67. The fourth-order valence-electron chi connectivity index (χ4n) is 1.61. The fourth-order valence-corrected chi connectivity index (χ4v) is 1.61. The Morgan fingerprint density at radius 1 is 1.44 bits per heavy atom. The highest BCUT2D eigenvalue weighted by Gasteiger charge is 2.28. The van der Waals surface area contributed by atoms with Crippen molar-refractivity contribution in [3.8, 4) is 0 Å². The van der Waals surface area contributed by atoms with Crippen molar-refractivity contribution in [3.05, 3.63) is 0 Å². The van der Waals surface area contributed by atoms with Crippen molar-refractivity contribution in [1.82, 2.24) is 5.32 Å². The topological polar surface area (TPSA) is 38.3 Å². The van der Waals surface area contributed by atoms with Crippen molar-refractivity contribution < 1.29 is 9.53 Å². The monoisotopic (exact) mass is 227 g/mol. The van der Waals surface area contributed by atoms with Gasteiger partial charge in [0.1, 0.15) is 6.10 Å².